The summed E-state index contributed by atoms with van der Waals surface area (Å²) in [6.45, 7) is 0. The van der Waals surface area contributed by atoms with E-state index in [0.717, 1.165) is 25.7 Å². The van der Waals surface area contributed by atoms with E-state index in [4.69, 9.17) is 0 Å². The van der Waals surface area contributed by atoms with Gasteiger partial charge < -0.3 is 18.3 Å². The van der Waals surface area contributed by atoms with Gasteiger partial charge in [0.25, 0.3) is 0 Å². The first-order chi connectivity index (χ1) is 40.6. The standard InChI is InChI=1S/C78H56N4/c1-9-26-69-61(18-1)62-19-2-10-27-70(62)79(69)57-42-34-53(35-43-57)77(54-36-44-58(45-37-54)80-71-28-11-3-20-63(71)64-21-4-12-29-72(64)80)50-17-51-78(52-77,55-38-46-59(47-39-55)81-73-30-13-5-22-65(73)66-23-6-14-31-74(66)81)56-40-48-60(49-41-56)82-75-32-15-7-24-67(75)68-25-8-16-33-76(68)82/h1-16,18-49H,17,50-52H2. The smallest absolute Gasteiger partial charge is 0.0541 e. The quantitative estimate of drug-likeness (QED) is 0.145. The average molecular weight is 1050 g/mol. The molecule has 4 heteroatoms. The van der Waals surface area contributed by atoms with Gasteiger partial charge in [-0.2, -0.15) is 0 Å². The van der Waals surface area contributed by atoms with Crippen molar-refractivity contribution in [3.8, 4) is 22.7 Å². The van der Waals surface area contributed by atoms with E-state index in [1.807, 2.05) is 0 Å². The molecule has 16 aromatic rings. The Bertz CT molecular complexity index is 4290. The first kappa shape index (κ1) is 46.7. The fourth-order valence-corrected chi connectivity index (χ4v) is 15.2. The zero-order valence-electron chi connectivity index (χ0n) is 45.3. The number of nitrogens with zero attached hydrogens (tertiary/aromatic N) is 4. The highest BCUT2D eigenvalue weighted by atomic mass is 15.0. The van der Waals surface area contributed by atoms with Gasteiger partial charge in [0.05, 0.1) is 44.1 Å². The van der Waals surface area contributed by atoms with Gasteiger partial charge in [0.15, 0.2) is 0 Å². The van der Waals surface area contributed by atoms with E-state index >= 15 is 0 Å². The van der Waals surface area contributed by atoms with Crippen molar-refractivity contribution < 1.29 is 0 Å². The molecule has 4 heterocycles. The summed E-state index contributed by atoms with van der Waals surface area (Å²) in [6.07, 6.45) is 3.94. The lowest BCUT2D eigenvalue weighted by Gasteiger charge is -2.50. The van der Waals surface area contributed by atoms with Crippen LogP contribution in [0.5, 0.6) is 0 Å². The van der Waals surface area contributed by atoms with Crippen LogP contribution in [-0.2, 0) is 10.8 Å². The van der Waals surface area contributed by atoms with Crippen molar-refractivity contribution in [2.24, 2.45) is 0 Å². The second kappa shape index (κ2) is 18.2. The first-order valence-corrected chi connectivity index (χ1v) is 29.0. The SMILES string of the molecule is c1ccc2c(c1)c1ccccc1n2-c1ccc(C2(c3ccc(-n4c5ccccc5c5ccccc54)cc3)CCCC(c3ccc(-n4c5ccccc5c5ccccc54)cc3)(c3ccc(-n4c5ccccc5c5ccccc54)cc3)C2)cc1. The monoisotopic (exact) mass is 1050 g/mol. The molecule has 0 unspecified atom stereocenters. The van der Waals surface area contributed by atoms with Crippen LogP contribution in [0.3, 0.4) is 0 Å². The maximum atomic E-state index is 2.46. The van der Waals surface area contributed by atoms with Gasteiger partial charge >= 0.3 is 0 Å². The van der Waals surface area contributed by atoms with Crippen LogP contribution in [0.25, 0.3) is 110 Å². The van der Waals surface area contributed by atoms with Crippen LogP contribution in [-0.4, -0.2) is 18.3 Å². The predicted octanol–water partition coefficient (Wildman–Crippen LogP) is 19.9. The summed E-state index contributed by atoms with van der Waals surface area (Å²) < 4.78 is 9.79. The van der Waals surface area contributed by atoms with Gasteiger partial charge in [-0.05, 0) is 139 Å². The second-order valence-electron chi connectivity index (χ2n) is 22.9. The molecule has 0 saturated heterocycles. The number of rotatable bonds is 8. The minimum Gasteiger partial charge on any atom is -0.309 e. The van der Waals surface area contributed by atoms with Gasteiger partial charge in [0, 0.05) is 76.7 Å². The zero-order chi connectivity index (χ0) is 53.9. The minimum atomic E-state index is -0.367. The molecular formula is C78H56N4. The van der Waals surface area contributed by atoms with Gasteiger partial charge in [-0.15, -0.1) is 0 Å². The highest BCUT2D eigenvalue weighted by Gasteiger charge is 2.49. The molecule has 82 heavy (non-hydrogen) atoms. The summed E-state index contributed by atoms with van der Waals surface area (Å²) in [4.78, 5) is 0. The Morgan fingerprint density at radius 1 is 0.195 bits per heavy atom. The van der Waals surface area contributed by atoms with Gasteiger partial charge in [0.1, 0.15) is 0 Å². The average Bonchev–Trinajstić information content (AvgIpc) is 4.02. The molecule has 1 saturated carbocycles. The summed E-state index contributed by atoms with van der Waals surface area (Å²) in [7, 11) is 0. The van der Waals surface area contributed by atoms with E-state index in [9.17, 15) is 0 Å². The maximum Gasteiger partial charge on any atom is 0.0541 e. The molecule has 0 amide bonds. The minimum absolute atomic E-state index is 0.367. The Morgan fingerprint density at radius 3 is 0.549 bits per heavy atom. The third-order valence-electron chi connectivity index (χ3n) is 18.8. The Morgan fingerprint density at radius 2 is 0.366 bits per heavy atom. The van der Waals surface area contributed by atoms with Crippen LogP contribution in [0.2, 0.25) is 0 Å². The third kappa shape index (κ3) is 6.85. The molecule has 1 aliphatic rings. The van der Waals surface area contributed by atoms with E-state index in [1.165, 1.54) is 132 Å². The molecule has 0 radical (unpaired) electrons. The zero-order valence-corrected chi connectivity index (χ0v) is 45.3. The van der Waals surface area contributed by atoms with Gasteiger partial charge in [-0.25, -0.2) is 0 Å². The largest absolute Gasteiger partial charge is 0.309 e. The molecule has 12 aromatic carbocycles. The Labute approximate surface area is 475 Å². The molecule has 1 aliphatic carbocycles. The van der Waals surface area contributed by atoms with E-state index in [2.05, 4.69) is 309 Å². The lowest BCUT2D eigenvalue weighted by Crippen LogP contribution is -2.43. The summed E-state index contributed by atoms with van der Waals surface area (Å²) in [6, 6.07) is 110. The van der Waals surface area contributed by atoms with Crippen molar-refractivity contribution >= 4 is 87.2 Å². The highest BCUT2D eigenvalue weighted by molar-refractivity contribution is 6.12. The molecule has 388 valence electrons. The molecule has 0 aliphatic heterocycles. The van der Waals surface area contributed by atoms with Crippen molar-refractivity contribution in [2.75, 3.05) is 0 Å². The van der Waals surface area contributed by atoms with E-state index in [0.29, 0.717) is 0 Å². The number of hydrogen-bond acceptors (Lipinski definition) is 0. The number of fused-ring (bicyclic) bond motifs is 12. The molecule has 17 rings (SSSR count). The first-order valence-electron chi connectivity index (χ1n) is 29.0. The van der Waals surface area contributed by atoms with Crippen molar-refractivity contribution in [2.45, 2.75) is 36.5 Å². The van der Waals surface area contributed by atoms with Crippen molar-refractivity contribution in [1.82, 2.24) is 18.3 Å². The van der Waals surface area contributed by atoms with Gasteiger partial charge in [-0.1, -0.05) is 201 Å². The molecule has 1 fully saturated rings. The van der Waals surface area contributed by atoms with Gasteiger partial charge in [-0.3, -0.25) is 0 Å². The Kier molecular flexibility index (Phi) is 10.4. The fourth-order valence-electron chi connectivity index (χ4n) is 15.2. The maximum absolute atomic E-state index is 2.46. The number of para-hydroxylation sites is 8. The van der Waals surface area contributed by atoms with Crippen molar-refractivity contribution in [3.05, 3.63) is 313 Å². The molecular weight excluding hydrogens is 993 g/mol. The van der Waals surface area contributed by atoms with Gasteiger partial charge in [0.2, 0.25) is 0 Å². The molecule has 0 bridgehead atoms. The Hall–Kier alpha value is -10.2. The fraction of sp³-hybridized carbons (Fsp3) is 0.0769. The molecule has 0 N–H and O–H groups in total. The van der Waals surface area contributed by atoms with E-state index < -0.39 is 0 Å². The summed E-state index contributed by atoms with van der Waals surface area (Å²) >= 11 is 0. The van der Waals surface area contributed by atoms with Crippen LogP contribution in [0, 0.1) is 0 Å². The molecule has 0 atom stereocenters. The summed E-state index contributed by atoms with van der Waals surface area (Å²) in [5, 5.41) is 10.2. The Balaban J connectivity index is 0.866. The lowest BCUT2D eigenvalue weighted by molar-refractivity contribution is 0.247. The molecule has 4 aromatic heterocycles. The molecule has 0 spiro atoms. The molecule has 4 nitrogen and oxygen atoms in total. The van der Waals surface area contributed by atoms with E-state index in [1.54, 1.807) is 0 Å². The number of aromatic nitrogens is 4. The van der Waals surface area contributed by atoms with Crippen molar-refractivity contribution in [3.63, 3.8) is 0 Å². The number of hydrogen-bond donors (Lipinski definition) is 0. The van der Waals surface area contributed by atoms with Crippen LogP contribution < -0.4 is 0 Å². The van der Waals surface area contributed by atoms with Crippen LogP contribution in [0.1, 0.15) is 47.9 Å². The second-order valence-corrected chi connectivity index (χ2v) is 22.9. The summed E-state index contributed by atoms with van der Waals surface area (Å²) in [5.41, 5.74) is 19.1. The van der Waals surface area contributed by atoms with Crippen LogP contribution >= 0.6 is 0 Å². The number of benzene rings is 12. The summed E-state index contributed by atoms with van der Waals surface area (Å²) in [5.74, 6) is 0. The normalized spacial score (nSPS) is 14.3. The predicted molar refractivity (Wildman–Crippen MR) is 343 cm³/mol. The lowest BCUT2D eigenvalue weighted by atomic mass is 9.53. The third-order valence-corrected chi connectivity index (χ3v) is 18.8. The van der Waals surface area contributed by atoms with Crippen molar-refractivity contribution in [1.29, 1.82) is 0 Å². The highest BCUT2D eigenvalue weighted by Crippen LogP contribution is 2.56. The van der Waals surface area contributed by atoms with Crippen LogP contribution in [0.4, 0.5) is 0 Å². The van der Waals surface area contributed by atoms with Crippen LogP contribution in [0.15, 0.2) is 291 Å². The van der Waals surface area contributed by atoms with E-state index in [-0.39, 0.29) is 10.8 Å². The topological polar surface area (TPSA) is 19.7 Å².